The van der Waals surface area contributed by atoms with Gasteiger partial charge >= 0.3 is 5.97 Å². The number of carbonyl (C=O) groups excluding carboxylic acids is 2. The number of carbonyl (C=O) groups is 3. The van der Waals surface area contributed by atoms with Gasteiger partial charge in [-0.25, -0.2) is 0 Å². The first-order valence-electron chi connectivity index (χ1n) is 10.9. The molecule has 31 heavy (non-hydrogen) atoms. The maximum Gasteiger partial charge on any atom is 0.306 e. The van der Waals surface area contributed by atoms with Crippen molar-refractivity contribution < 1.29 is 19.5 Å². The fraction of sp³-hybridized carbons (Fsp3) is 0.423. The van der Waals surface area contributed by atoms with E-state index in [1.807, 2.05) is 81.4 Å². The summed E-state index contributed by atoms with van der Waals surface area (Å²) in [5, 5.41) is 12.4. The van der Waals surface area contributed by atoms with E-state index in [4.69, 9.17) is 0 Å². The lowest BCUT2D eigenvalue weighted by Crippen LogP contribution is -2.45. The number of benzene rings is 2. The first kappa shape index (κ1) is 24.3. The zero-order valence-corrected chi connectivity index (χ0v) is 18.6. The standard InChI is InChI=1S/C26H33NO4/c1-18(2)14-22(26(30)31)17-24(28)23(16-21-12-8-5-9-13-21)27-25(29)19(3)15-20-10-6-4-7-11-20/h4-13,18-19,22-23H,14-17H2,1-3H3,(H,27,29)(H,30,31). The number of nitrogens with one attached hydrogen (secondary N) is 1. The molecular formula is C26H33NO4. The van der Waals surface area contributed by atoms with Gasteiger partial charge in [0.05, 0.1) is 12.0 Å². The van der Waals surface area contributed by atoms with Crippen molar-refractivity contribution in [1.29, 1.82) is 0 Å². The molecule has 5 heteroatoms. The van der Waals surface area contributed by atoms with Crippen molar-refractivity contribution >= 4 is 17.7 Å². The van der Waals surface area contributed by atoms with Crippen molar-refractivity contribution in [1.82, 2.24) is 5.32 Å². The van der Waals surface area contributed by atoms with Gasteiger partial charge in [0.25, 0.3) is 0 Å². The lowest BCUT2D eigenvalue weighted by atomic mass is 9.89. The van der Waals surface area contributed by atoms with E-state index in [0.717, 1.165) is 11.1 Å². The summed E-state index contributed by atoms with van der Waals surface area (Å²) < 4.78 is 0. The van der Waals surface area contributed by atoms with Crippen LogP contribution in [0.2, 0.25) is 0 Å². The summed E-state index contributed by atoms with van der Waals surface area (Å²) in [6.45, 7) is 5.72. The van der Waals surface area contributed by atoms with E-state index < -0.39 is 17.9 Å². The molecule has 5 nitrogen and oxygen atoms in total. The molecule has 0 heterocycles. The fourth-order valence-electron chi connectivity index (χ4n) is 3.70. The van der Waals surface area contributed by atoms with E-state index in [1.165, 1.54) is 0 Å². The molecule has 0 bridgehead atoms. The number of carboxylic acids is 1. The summed E-state index contributed by atoms with van der Waals surface area (Å²) in [5.41, 5.74) is 1.98. The molecule has 0 spiro atoms. The number of rotatable bonds is 12. The molecule has 166 valence electrons. The van der Waals surface area contributed by atoms with Gasteiger partial charge in [0, 0.05) is 12.3 Å². The van der Waals surface area contributed by atoms with Gasteiger partial charge in [0.2, 0.25) is 5.91 Å². The molecule has 0 radical (unpaired) electrons. The van der Waals surface area contributed by atoms with Gasteiger partial charge in [-0.15, -0.1) is 0 Å². The largest absolute Gasteiger partial charge is 0.481 e. The third-order valence-corrected chi connectivity index (χ3v) is 5.37. The monoisotopic (exact) mass is 423 g/mol. The Kier molecular flexibility index (Phi) is 9.44. The van der Waals surface area contributed by atoms with Crippen LogP contribution in [0.5, 0.6) is 0 Å². The maximum absolute atomic E-state index is 13.1. The first-order chi connectivity index (χ1) is 14.8. The molecule has 0 aromatic heterocycles. The second-order valence-electron chi connectivity index (χ2n) is 8.68. The molecule has 0 saturated carbocycles. The minimum absolute atomic E-state index is 0.0850. The van der Waals surface area contributed by atoms with Crippen LogP contribution in [0.25, 0.3) is 0 Å². The van der Waals surface area contributed by atoms with Crippen LogP contribution in [-0.4, -0.2) is 28.8 Å². The van der Waals surface area contributed by atoms with Crippen molar-refractivity contribution in [2.75, 3.05) is 0 Å². The second kappa shape index (κ2) is 12.0. The summed E-state index contributed by atoms with van der Waals surface area (Å²) in [6.07, 6.45) is 1.26. The molecule has 2 rings (SSSR count). The van der Waals surface area contributed by atoms with Gasteiger partial charge < -0.3 is 10.4 Å². The van der Waals surface area contributed by atoms with Crippen LogP contribution in [0.4, 0.5) is 0 Å². The van der Waals surface area contributed by atoms with Crippen molar-refractivity contribution in [2.24, 2.45) is 17.8 Å². The third-order valence-electron chi connectivity index (χ3n) is 5.37. The highest BCUT2D eigenvalue weighted by atomic mass is 16.4. The van der Waals surface area contributed by atoms with Gasteiger partial charge in [-0.2, -0.15) is 0 Å². The zero-order valence-electron chi connectivity index (χ0n) is 18.6. The molecule has 2 N–H and O–H groups in total. The molecular weight excluding hydrogens is 390 g/mol. The number of amides is 1. The van der Waals surface area contributed by atoms with Crippen LogP contribution >= 0.6 is 0 Å². The van der Waals surface area contributed by atoms with Crippen molar-refractivity contribution in [3.05, 3.63) is 71.8 Å². The number of Topliss-reactive ketones (excluding diaryl/α,β-unsaturated/α-hetero) is 1. The Bertz CT molecular complexity index is 848. The van der Waals surface area contributed by atoms with E-state index in [-0.39, 0.29) is 29.9 Å². The number of aliphatic carboxylic acids is 1. The Morgan fingerprint density at radius 1 is 0.839 bits per heavy atom. The predicted octanol–water partition coefficient (Wildman–Crippen LogP) is 4.30. The van der Waals surface area contributed by atoms with Crippen molar-refractivity contribution in [2.45, 2.75) is 52.5 Å². The highest BCUT2D eigenvalue weighted by molar-refractivity contribution is 5.92. The van der Waals surface area contributed by atoms with E-state index in [2.05, 4.69) is 5.32 Å². The quantitative estimate of drug-likeness (QED) is 0.533. The van der Waals surface area contributed by atoms with Crippen molar-refractivity contribution in [3.63, 3.8) is 0 Å². The third kappa shape index (κ3) is 8.36. The van der Waals surface area contributed by atoms with E-state index in [1.54, 1.807) is 0 Å². The summed E-state index contributed by atoms with van der Waals surface area (Å²) in [4.78, 5) is 37.6. The number of hydrogen-bond donors (Lipinski definition) is 2. The molecule has 0 aliphatic heterocycles. The average molecular weight is 424 g/mol. The minimum Gasteiger partial charge on any atom is -0.481 e. The van der Waals surface area contributed by atoms with Gasteiger partial charge in [0.1, 0.15) is 0 Å². The molecule has 3 unspecified atom stereocenters. The number of hydrogen-bond acceptors (Lipinski definition) is 3. The maximum atomic E-state index is 13.1. The molecule has 0 aliphatic carbocycles. The summed E-state index contributed by atoms with van der Waals surface area (Å²) >= 11 is 0. The summed E-state index contributed by atoms with van der Waals surface area (Å²) in [7, 11) is 0. The predicted molar refractivity (Wildman–Crippen MR) is 122 cm³/mol. The summed E-state index contributed by atoms with van der Waals surface area (Å²) in [6, 6.07) is 18.5. The van der Waals surface area contributed by atoms with E-state index >= 15 is 0 Å². The van der Waals surface area contributed by atoms with Crippen LogP contribution in [0.1, 0.15) is 44.7 Å². The van der Waals surface area contributed by atoms with Crippen LogP contribution in [0.3, 0.4) is 0 Å². The van der Waals surface area contributed by atoms with Crippen LogP contribution < -0.4 is 5.32 Å². The SMILES string of the molecule is CC(C)CC(CC(=O)C(Cc1ccccc1)NC(=O)C(C)Cc1ccccc1)C(=O)O. The Morgan fingerprint density at radius 2 is 1.35 bits per heavy atom. The van der Waals surface area contributed by atoms with Gasteiger partial charge in [0.15, 0.2) is 5.78 Å². The molecule has 1 amide bonds. The smallest absolute Gasteiger partial charge is 0.306 e. The molecule has 0 fully saturated rings. The van der Waals surface area contributed by atoms with Crippen molar-refractivity contribution in [3.8, 4) is 0 Å². The highest BCUT2D eigenvalue weighted by Crippen LogP contribution is 2.19. The average Bonchev–Trinajstić information content (AvgIpc) is 2.73. The van der Waals surface area contributed by atoms with E-state index in [0.29, 0.717) is 19.3 Å². The molecule has 2 aromatic rings. The molecule has 0 aliphatic rings. The van der Waals surface area contributed by atoms with Gasteiger partial charge in [-0.05, 0) is 36.3 Å². The Hall–Kier alpha value is -2.95. The van der Waals surface area contributed by atoms with E-state index in [9.17, 15) is 19.5 Å². The lowest BCUT2D eigenvalue weighted by Gasteiger charge is -2.22. The zero-order chi connectivity index (χ0) is 22.8. The lowest BCUT2D eigenvalue weighted by molar-refractivity contribution is -0.144. The van der Waals surface area contributed by atoms with Crippen LogP contribution in [0, 0.1) is 17.8 Å². The number of carboxylic acid groups (broad SMARTS) is 1. The summed E-state index contributed by atoms with van der Waals surface area (Å²) in [5.74, 6) is -2.29. The Morgan fingerprint density at radius 3 is 1.84 bits per heavy atom. The molecule has 3 atom stereocenters. The van der Waals surface area contributed by atoms with Gasteiger partial charge in [-0.3, -0.25) is 14.4 Å². The van der Waals surface area contributed by atoms with Gasteiger partial charge in [-0.1, -0.05) is 81.4 Å². The molecule has 2 aromatic carbocycles. The molecule has 0 saturated heterocycles. The van der Waals surface area contributed by atoms with Crippen LogP contribution in [-0.2, 0) is 27.2 Å². The minimum atomic E-state index is -0.968. The second-order valence-corrected chi connectivity index (χ2v) is 8.68. The first-order valence-corrected chi connectivity index (χ1v) is 10.9. The Labute approximate surface area is 184 Å². The Balaban J connectivity index is 2.12. The van der Waals surface area contributed by atoms with Crippen LogP contribution in [0.15, 0.2) is 60.7 Å². The topological polar surface area (TPSA) is 83.5 Å². The normalized spacial score (nSPS) is 13.9. The number of ketones is 1. The fourth-order valence-corrected chi connectivity index (χ4v) is 3.70. The highest BCUT2D eigenvalue weighted by Gasteiger charge is 2.29.